The van der Waals surface area contributed by atoms with E-state index in [4.69, 9.17) is 4.74 Å². The van der Waals surface area contributed by atoms with Crippen molar-refractivity contribution in [3.8, 4) is 5.75 Å². The Morgan fingerprint density at radius 2 is 1.85 bits per heavy atom. The molecule has 1 saturated heterocycles. The molecule has 3 rings (SSSR count). The lowest BCUT2D eigenvalue weighted by atomic mass is 10.1. The van der Waals surface area contributed by atoms with Gasteiger partial charge in [-0.05, 0) is 36.4 Å². The van der Waals surface area contributed by atoms with Gasteiger partial charge in [-0.15, -0.1) is 0 Å². The number of nitrogens with zero attached hydrogens (tertiary/aromatic N) is 1. The molecule has 2 aromatic carbocycles. The number of anilines is 2. The Kier molecular flexibility index (Phi) is 5.61. The van der Waals surface area contributed by atoms with Gasteiger partial charge in [-0.25, -0.2) is 0 Å². The minimum absolute atomic E-state index is 0.0242. The summed E-state index contributed by atoms with van der Waals surface area (Å²) in [4.78, 5) is 14.4. The molecule has 2 N–H and O–H groups in total. The number of alkyl halides is 3. The summed E-state index contributed by atoms with van der Waals surface area (Å²) in [6.45, 7) is 1.88. The van der Waals surface area contributed by atoms with Crippen molar-refractivity contribution in [1.82, 2.24) is 0 Å². The molecule has 1 aliphatic rings. The van der Waals surface area contributed by atoms with E-state index in [0.717, 1.165) is 12.1 Å². The quantitative estimate of drug-likeness (QED) is 0.742. The number of carbonyl (C=O) groups excluding carboxylic acids is 1. The first-order valence-corrected chi connectivity index (χ1v) is 8.89. The Hall–Kier alpha value is -2.26. The maximum Gasteiger partial charge on any atom is 0.416 e. The van der Waals surface area contributed by atoms with Crippen LogP contribution in [-0.2, 0) is 10.9 Å². The summed E-state index contributed by atoms with van der Waals surface area (Å²) < 4.78 is 45.2. The monoisotopic (exact) mass is 444 g/mol. The zero-order valence-corrected chi connectivity index (χ0v) is 15.6. The van der Waals surface area contributed by atoms with E-state index in [1.807, 2.05) is 4.90 Å². The van der Waals surface area contributed by atoms with Crippen LogP contribution in [0.1, 0.15) is 15.9 Å². The number of benzene rings is 2. The van der Waals surface area contributed by atoms with Crippen LogP contribution in [0.4, 0.5) is 24.5 Å². The molecule has 5 nitrogen and oxygen atoms in total. The summed E-state index contributed by atoms with van der Waals surface area (Å²) in [5, 5.41) is 12.4. The number of halogens is 4. The molecule has 1 fully saturated rings. The third kappa shape index (κ3) is 4.54. The third-order valence-electron chi connectivity index (χ3n) is 4.13. The Morgan fingerprint density at radius 3 is 2.52 bits per heavy atom. The minimum atomic E-state index is -4.54. The summed E-state index contributed by atoms with van der Waals surface area (Å²) in [6.07, 6.45) is -4.54. The maximum absolute atomic E-state index is 13.1. The van der Waals surface area contributed by atoms with Gasteiger partial charge < -0.3 is 20.1 Å². The van der Waals surface area contributed by atoms with Gasteiger partial charge in [-0.3, -0.25) is 4.79 Å². The van der Waals surface area contributed by atoms with E-state index in [-0.39, 0.29) is 17.0 Å². The molecule has 0 spiro atoms. The molecular formula is C18H16BrF3N2O3. The third-order valence-corrected chi connectivity index (χ3v) is 4.62. The number of phenols is 1. The summed E-state index contributed by atoms with van der Waals surface area (Å²) in [6, 6.07) is 7.50. The lowest BCUT2D eigenvalue weighted by molar-refractivity contribution is -0.137. The number of hydrogen-bond acceptors (Lipinski definition) is 4. The first-order valence-electron chi connectivity index (χ1n) is 8.09. The molecule has 9 heteroatoms. The van der Waals surface area contributed by atoms with Gasteiger partial charge in [0.15, 0.2) is 0 Å². The number of hydrogen-bond donors (Lipinski definition) is 2. The van der Waals surface area contributed by atoms with Crippen molar-refractivity contribution in [2.45, 2.75) is 6.18 Å². The van der Waals surface area contributed by atoms with Gasteiger partial charge in [-0.2, -0.15) is 13.2 Å². The average Bonchev–Trinajstić information content (AvgIpc) is 2.63. The number of morpholine rings is 1. The molecule has 0 atom stereocenters. The first kappa shape index (κ1) is 19.5. The first-order chi connectivity index (χ1) is 12.8. The molecular weight excluding hydrogens is 429 g/mol. The minimum Gasteiger partial charge on any atom is -0.507 e. The van der Waals surface area contributed by atoms with Crippen LogP contribution < -0.4 is 10.2 Å². The van der Waals surface area contributed by atoms with Gasteiger partial charge in [0.1, 0.15) is 5.75 Å². The summed E-state index contributed by atoms with van der Waals surface area (Å²) in [5.41, 5.74) is -0.423. The lowest BCUT2D eigenvalue weighted by Crippen LogP contribution is -2.36. The number of ether oxygens (including phenoxy) is 1. The van der Waals surface area contributed by atoms with Gasteiger partial charge in [-0.1, -0.05) is 15.9 Å². The van der Waals surface area contributed by atoms with Crippen molar-refractivity contribution in [3.05, 3.63) is 52.0 Å². The second kappa shape index (κ2) is 7.77. The molecule has 0 unspecified atom stereocenters. The van der Waals surface area contributed by atoms with Crippen LogP contribution in [0, 0.1) is 0 Å². The van der Waals surface area contributed by atoms with Crippen LogP contribution in [0.15, 0.2) is 40.9 Å². The number of carbonyl (C=O) groups is 1. The zero-order chi connectivity index (χ0) is 19.6. The van der Waals surface area contributed by atoms with E-state index in [1.54, 1.807) is 6.07 Å². The highest BCUT2D eigenvalue weighted by Gasteiger charge is 2.32. The maximum atomic E-state index is 13.1. The molecule has 0 aromatic heterocycles. The number of nitrogens with one attached hydrogen (secondary N) is 1. The normalized spacial score (nSPS) is 14.9. The average molecular weight is 445 g/mol. The number of phenolic OH excluding ortho intramolecular Hbond substituents is 1. The molecule has 27 heavy (non-hydrogen) atoms. The molecule has 0 radical (unpaired) electrons. The van der Waals surface area contributed by atoms with Gasteiger partial charge in [0, 0.05) is 17.6 Å². The molecule has 1 amide bonds. The van der Waals surface area contributed by atoms with Crippen LogP contribution in [0.2, 0.25) is 0 Å². The number of aromatic hydroxyl groups is 1. The van der Waals surface area contributed by atoms with Crippen LogP contribution >= 0.6 is 15.9 Å². The van der Waals surface area contributed by atoms with Crippen molar-refractivity contribution in [2.75, 3.05) is 36.5 Å². The highest BCUT2D eigenvalue weighted by atomic mass is 79.9. The molecule has 1 heterocycles. The molecule has 0 aliphatic carbocycles. The van der Waals surface area contributed by atoms with Crippen LogP contribution in [0.5, 0.6) is 5.75 Å². The second-order valence-electron chi connectivity index (χ2n) is 5.94. The molecule has 0 bridgehead atoms. The zero-order valence-electron chi connectivity index (χ0n) is 14.0. The van der Waals surface area contributed by atoms with Gasteiger partial charge >= 0.3 is 6.18 Å². The fraction of sp³-hybridized carbons (Fsp3) is 0.278. The lowest BCUT2D eigenvalue weighted by Gasteiger charge is -2.31. The second-order valence-corrected chi connectivity index (χ2v) is 6.86. The SMILES string of the molecule is O=C(Nc1cc(C(F)(F)F)ccc1N1CCOCC1)c1cc(Br)ccc1O. The summed E-state index contributed by atoms with van der Waals surface area (Å²) in [5.74, 6) is -0.974. The fourth-order valence-electron chi connectivity index (χ4n) is 2.77. The summed E-state index contributed by atoms with van der Waals surface area (Å²) in [7, 11) is 0. The Balaban J connectivity index is 1.97. The van der Waals surface area contributed by atoms with Crippen LogP contribution in [0.25, 0.3) is 0 Å². The van der Waals surface area contributed by atoms with E-state index in [0.29, 0.717) is 36.5 Å². The fourth-order valence-corrected chi connectivity index (χ4v) is 3.13. The van der Waals surface area contributed by atoms with E-state index < -0.39 is 17.6 Å². The predicted molar refractivity (Wildman–Crippen MR) is 98.2 cm³/mol. The van der Waals surface area contributed by atoms with Crippen molar-refractivity contribution < 1.29 is 27.8 Å². The van der Waals surface area contributed by atoms with E-state index in [1.165, 1.54) is 18.2 Å². The molecule has 1 aliphatic heterocycles. The number of amides is 1. The van der Waals surface area contributed by atoms with Crippen molar-refractivity contribution in [1.29, 1.82) is 0 Å². The van der Waals surface area contributed by atoms with E-state index in [9.17, 15) is 23.1 Å². The highest BCUT2D eigenvalue weighted by Crippen LogP contribution is 2.36. The van der Waals surface area contributed by atoms with Gasteiger partial charge in [0.25, 0.3) is 5.91 Å². The van der Waals surface area contributed by atoms with Crippen LogP contribution in [-0.4, -0.2) is 37.3 Å². The van der Waals surface area contributed by atoms with Crippen molar-refractivity contribution in [3.63, 3.8) is 0 Å². The smallest absolute Gasteiger partial charge is 0.416 e. The van der Waals surface area contributed by atoms with Crippen molar-refractivity contribution >= 4 is 33.2 Å². The molecule has 0 saturated carbocycles. The predicted octanol–water partition coefficient (Wildman–Crippen LogP) is 4.26. The number of rotatable bonds is 3. The highest BCUT2D eigenvalue weighted by molar-refractivity contribution is 9.10. The Bertz CT molecular complexity index is 852. The molecule has 144 valence electrons. The molecule has 2 aromatic rings. The Morgan fingerprint density at radius 1 is 1.15 bits per heavy atom. The van der Waals surface area contributed by atoms with Gasteiger partial charge in [0.2, 0.25) is 0 Å². The van der Waals surface area contributed by atoms with Crippen LogP contribution in [0.3, 0.4) is 0 Å². The van der Waals surface area contributed by atoms with E-state index >= 15 is 0 Å². The van der Waals surface area contributed by atoms with Crippen molar-refractivity contribution in [2.24, 2.45) is 0 Å². The topological polar surface area (TPSA) is 61.8 Å². The standard InChI is InChI=1S/C18H16BrF3N2O3/c19-12-2-4-16(25)13(10-12)17(26)23-14-9-11(18(20,21)22)1-3-15(14)24-5-7-27-8-6-24/h1-4,9-10,25H,5-8H2,(H,23,26). The Labute approximate surface area is 161 Å². The summed E-state index contributed by atoms with van der Waals surface area (Å²) >= 11 is 3.20. The van der Waals surface area contributed by atoms with E-state index in [2.05, 4.69) is 21.2 Å². The van der Waals surface area contributed by atoms with Gasteiger partial charge in [0.05, 0.1) is 35.7 Å². The largest absolute Gasteiger partial charge is 0.507 e.